The topological polar surface area (TPSA) is 46.5 Å². The summed E-state index contributed by atoms with van der Waals surface area (Å²) < 4.78 is 15.1. The van der Waals surface area contributed by atoms with Gasteiger partial charge in [-0.05, 0) is 12.8 Å². The molecule has 0 aromatic rings. The fraction of sp³-hybridized carbons (Fsp3) is 1.00. The molecular formula is C4H9O3P. The first-order valence-electron chi connectivity index (χ1n) is 2.56. The van der Waals surface area contributed by atoms with Crippen LogP contribution >= 0.6 is 7.60 Å². The van der Waals surface area contributed by atoms with E-state index in [4.69, 9.17) is 4.89 Å². The molecule has 8 heavy (non-hydrogen) atoms. The van der Waals surface area contributed by atoms with Crippen LogP contribution in [0.2, 0.25) is 0 Å². The molecule has 1 fully saturated rings. The minimum Gasteiger partial charge on any atom is -0.324 e. The molecule has 0 heterocycles. The lowest BCUT2D eigenvalue weighted by Gasteiger charge is -2.02. The van der Waals surface area contributed by atoms with E-state index in [1.54, 1.807) is 0 Å². The Morgan fingerprint density at radius 3 is 2.38 bits per heavy atom. The van der Waals surface area contributed by atoms with Gasteiger partial charge in [-0.1, -0.05) is 0 Å². The zero-order chi connectivity index (χ0) is 6.20. The van der Waals surface area contributed by atoms with Crippen LogP contribution in [-0.2, 0) is 9.09 Å². The van der Waals surface area contributed by atoms with Crippen LogP contribution in [0.4, 0.5) is 0 Å². The summed E-state index contributed by atoms with van der Waals surface area (Å²) in [6.07, 6.45) is 1.97. The summed E-state index contributed by atoms with van der Waals surface area (Å²) in [5.41, 5.74) is 0. The lowest BCUT2D eigenvalue weighted by atomic mass is 10.9. The van der Waals surface area contributed by atoms with E-state index >= 15 is 0 Å². The number of rotatable bonds is 2. The second kappa shape index (κ2) is 1.83. The fourth-order valence-electron chi connectivity index (χ4n) is 0.450. The Morgan fingerprint density at radius 1 is 1.75 bits per heavy atom. The second-order valence-corrected chi connectivity index (χ2v) is 3.92. The molecule has 1 unspecified atom stereocenters. The van der Waals surface area contributed by atoms with Gasteiger partial charge in [0.25, 0.3) is 0 Å². The lowest BCUT2D eigenvalue weighted by Crippen LogP contribution is -1.87. The Bertz CT molecular complexity index is 123. The molecule has 48 valence electrons. The molecule has 1 rings (SSSR count). The second-order valence-electron chi connectivity index (χ2n) is 2.11. The standard InChI is InChI=1S/C4H9O3P/c1-8(5,6)7-4-2-3-4/h4H,2-3H2,1H3,(H,5,6). The highest BCUT2D eigenvalue weighted by atomic mass is 31.2. The van der Waals surface area contributed by atoms with Crippen LogP contribution in [0.3, 0.4) is 0 Å². The zero-order valence-electron chi connectivity index (χ0n) is 4.70. The van der Waals surface area contributed by atoms with Crippen LogP contribution in [0.15, 0.2) is 0 Å². The molecule has 4 heteroatoms. The molecule has 0 bridgehead atoms. The van der Waals surface area contributed by atoms with Gasteiger partial charge in [-0.3, -0.25) is 4.57 Å². The highest BCUT2D eigenvalue weighted by Crippen LogP contribution is 2.44. The molecule has 1 aliphatic carbocycles. The van der Waals surface area contributed by atoms with Gasteiger partial charge in [0.1, 0.15) is 0 Å². The van der Waals surface area contributed by atoms with E-state index in [-0.39, 0.29) is 6.10 Å². The maximum atomic E-state index is 10.4. The normalized spacial score (nSPS) is 27.2. The Labute approximate surface area is 48.2 Å². The average molecular weight is 136 g/mol. The molecule has 0 spiro atoms. The van der Waals surface area contributed by atoms with Crippen LogP contribution in [0, 0.1) is 0 Å². The highest BCUT2D eigenvalue weighted by molar-refractivity contribution is 7.51. The van der Waals surface area contributed by atoms with Crippen molar-refractivity contribution in [2.45, 2.75) is 18.9 Å². The Balaban J connectivity index is 2.26. The summed E-state index contributed by atoms with van der Waals surface area (Å²) in [6.45, 7) is 1.21. The maximum absolute atomic E-state index is 10.4. The third-order valence-corrected chi connectivity index (χ3v) is 1.56. The Kier molecular flexibility index (Phi) is 1.44. The summed E-state index contributed by atoms with van der Waals surface area (Å²) in [6, 6.07) is 0. The molecule has 0 aromatic carbocycles. The van der Waals surface area contributed by atoms with Crippen molar-refractivity contribution in [1.29, 1.82) is 0 Å². The van der Waals surface area contributed by atoms with E-state index in [0.717, 1.165) is 12.8 Å². The lowest BCUT2D eigenvalue weighted by molar-refractivity contribution is 0.253. The molecule has 0 aromatic heterocycles. The molecular weight excluding hydrogens is 127 g/mol. The van der Waals surface area contributed by atoms with E-state index in [0.29, 0.717) is 0 Å². The molecule has 1 saturated carbocycles. The van der Waals surface area contributed by atoms with Crippen molar-refractivity contribution < 1.29 is 14.0 Å². The Hall–Kier alpha value is 0.150. The van der Waals surface area contributed by atoms with Gasteiger partial charge in [0, 0.05) is 6.66 Å². The van der Waals surface area contributed by atoms with Crippen molar-refractivity contribution in [3.05, 3.63) is 0 Å². The van der Waals surface area contributed by atoms with Crippen molar-refractivity contribution in [3.63, 3.8) is 0 Å². The smallest absolute Gasteiger partial charge is 0.324 e. The molecule has 1 atom stereocenters. The Morgan fingerprint density at radius 2 is 2.25 bits per heavy atom. The van der Waals surface area contributed by atoms with Gasteiger partial charge in [0.05, 0.1) is 6.10 Å². The number of hydrogen-bond acceptors (Lipinski definition) is 2. The molecule has 1 aliphatic rings. The van der Waals surface area contributed by atoms with Crippen molar-refractivity contribution in [1.82, 2.24) is 0 Å². The highest BCUT2D eigenvalue weighted by Gasteiger charge is 2.28. The van der Waals surface area contributed by atoms with Gasteiger partial charge in [0.2, 0.25) is 0 Å². The SMILES string of the molecule is CP(=O)(O)OC1CC1. The summed E-state index contributed by atoms with van der Waals surface area (Å²) in [5.74, 6) is 0. The van der Waals surface area contributed by atoms with E-state index in [1.165, 1.54) is 6.66 Å². The van der Waals surface area contributed by atoms with Crippen LogP contribution in [0.5, 0.6) is 0 Å². The summed E-state index contributed by atoms with van der Waals surface area (Å²) in [5, 5.41) is 0. The van der Waals surface area contributed by atoms with Gasteiger partial charge >= 0.3 is 7.60 Å². The summed E-state index contributed by atoms with van der Waals surface area (Å²) in [4.78, 5) is 8.56. The van der Waals surface area contributed by atoms with Gasteiger partial charge in [-0.25, -0.2) is 0 Å². The van der Waals surface area contributed by atoms with Crippen molar-refractivity contribution in [3.8, 4) is 0 Å². The van der Waals surface area contributed by atoms with Crippen LogP contribution in [0.1, 0.15) is 12.8 Å². The first kappa shape index (κ1) is 6.27. The largest absolute Gasteiger partial charge is 0.325 e. The molecule has 0 saturated heterocycles. The zero-order valence-corrected chi connectivity index (χ0v) is 5.60. The monoisotopic (exact) mass is 136 g/mol. The van der Waals surface area contributed by atoms with Gasteiger partial charge < -0.3 is 9.42 Å². The molecule has 3 nitrogen and oxygen atoms in total. The molecule has 0 amide bonds. The average Bonchev–Trinajstić information content (AvgIpc) is 2.12. The minimum atomic E-state index is -3.16. The van der Waals surface area contributed by atoms with Gasteiger partial charge in [-0.2, -0.15) is 0 Å². The van der Waals surface area contributed by atoms with Crippen molar-refractivity contribution >= 4 is 7.60 Å². The van der Waals surface area contributed by atoms with Crippen LogP contribution in [-0.4, -0.2) is 17.7 Å². The van der Waals surface area contributed by atoms with Crippen molar-refractivity contribution in [2.24, 2.45) is 0 Å². The fourth-order valence-corrected chi connectivity index (χ4v) is 1.21. The predicted octanol–water partition coefficient (Wildman–Crippen LogP) is 0.981. The van der Waals surface area contributed by atoms with Gasteiger partial charge in [-0.15, -0.1) is 0 Å². The quantitative estimate of drug-likeness (QED) is 0.575. The number of hydrogen-bond donors (Lipinski definition) is 1. The van der Waals surface area contributed by atoms with Crippen LogP contribution < -0.4 is 0 Å². The van der Waals surface area contributed by atoms with E-state index < -0.39 is 7.60 Å². The molecule has 0 radical (unpaired) electrons. The van der Waals surface area contributed by atoms with E-state index in [9.17, 15) is 4.57 Å². The summed E-state index contributed by atoms with van der Waals surface area (Å²) >= 11 is 0. The first-order valence-corrected chi connectivity index (χ1v) is 4.59. The van der Waals surface area contributed by atoms with Crippen molar-refractivity contribution in [2.75, 3.05) is 6.66 Å². The minimum absolute atomic E-state index is 0.0795. The van der Waals surface area contributed by atoms with E-state index in [2.05, 4.69) is 4.52 Å². The predicted molar refractivity (Wildman–Crippen MR) is 29.9 cm³/mol. The molecule has 0 aliphatic heterocycles. The third-order valence-electron chi connectivity index (χ3n) is 0.869. The maximum Gasteiger partial charge on any atom is 0.325 e. The van der Waals surface area contributed by atoms with Crippen LogP contribution in [0.25, 0.3) is 0 Å². The van der Waals surface area contributed by atoms with Gasteiger partial charge in [0.15, 0.2) is 0 Å². The van der Waals surface area contributed by atoms with E-state index in [1.807, 2.05) is 0 Å². The first-order chi connectivity index (χ1) is 3.58. The third kappa shape index (κ3) is 2.46. The molecule has 1 N–H and O–H groups in total. The summed E-state index contributed by atoms with van der Waals surface area (Å²) in [7, 11) is -3.16.